The van der Waals surface area contributed by atoms with E-state index in [9.17, 15) is 14.4 Å². The van der Waals surface area contributed by atoms with Gasteiger partial charge in [-0.1, -0.05) is 60.7 Å². The molecule has 2 amide bonds. The van der Waals surface area contributed by atoms with Crippen molar-refractivity contribution in [1.29, 1.82) is 0 Å². The SMILES string of the molecule is O=C(C[C@H]1CC=CCC[C@H](Cc2ccccc2)C(=O)OC[C@H](Cc2c[nH]c3ccccc23)NC1=O)NCCOCCO. The molecule has 9 heteroatoms. The second-order valence-electron chi connectivity index (χ2n) is 10.7. The first kappa shape index (κ1) is 31.0. The lowest BCUT2D eigenvalue weighted by molar-refractivity contribution is -0.150. The van der Waals surface area contributed by atoms with Gasteiger partial charge in [-0.3, -0.25) is 14.4 Å². The van der Waals surface area contributed by atoms with Crippen LogP contribution in [0.1, 0.15) is 36.8 Å². The van der Waals surface area contributed by atoms with Crippen molar-refractivity contribution >= 4 is 28.7 Å². The Kier molecular flexibility index (Phi) is 12.2. The van der Waals surface area contributed by atoms with E-state index < -0.39 is 12.0 Å². The maximum absolute atomic E-state index is 13.5. The van der Waals surface area contributed by atoms with Crippen LogP contribution in [0.2, 0.25) is 0 Å². The van der Waals surface area contributed by atoms with Crippen molar-refractivity contribution in [2.24, 2.45) is 11.8 Å². The molecule has 0 unspecified atom stereocenters. The fraction of sp³-hybridized carbons (Fsp3) is 0.424. The molecular weight excluding hydrogens is 534 g/mol. The van der Waals surface area contributed by atoms with E-state index in [2.05, 4.69) is 15.6 Å². The summed E-state index contributed by atoms with van der Waals surface area (Å²) in [7, 11) is 0. The first-order chi connectivity index (χ1) is 20.5. The van der Waals surface area contributed by atoms with Crippen LogP contribution in [0.25, 0.3) is 10.9 Å². The van der Waals surface area contributed by atoms with E-state index in [1.807, 2.05) is 72.9 Å². The first-order valence-electron chi connectivity index (χ1n) is 14.7. The quantitative estimate of drug-likeness (QED) is 0.157. The number of fused-ring (bicyclic) bond motifs is 1. The van der Waals surface area contributed by atoms with Gasteiger partial charge >= 0.3 is 5.97 Å². The Labute approximate surface area is 246 Å². The van der Waals surface area contributed by atoms with Gasteiger partial charge in [0.1, 0.15) is 6.61 Å². The van der Waals surface area contributed by atoms with Crippen LogP contribution in [0.4, 0.5) is 0 Å². The maximum atomic E-state index is 13.5. The zero-order valence-electron chi connectivity index (χ0n) is 23.9. The molecule has 1 aliphatic rings. The summed E-state index contributed by atoms with van der Waals surface area (Å²) in [6, 6.07) is 17.4. The number of aliphatic hydroxyl groups is 1. The molecule has 42 heavy (non-hydrogen) atoms. The fourth-order valence-electron chi connectivity index (χ4n) is 5.22. The lowest BCUT2D eigenvalue weighted by atomic mass is 9.94. The van der Waals surface area contributed by atoms with Gasteiger partial charge in [-0.25, -0.2) is 0 Å². The molecule has 1 aliphatic heterocycles. The summed E-state index contributed by atoms with van der Waals surface area (Å²) >= 11 is 0. The summed E-state index contributed by atoms with van der Waals surface area (Å²) in [5, 5.41) is 15.7. The molecule has 0 fully saturated rings. The minimum absolute atomic E-state index is 0.0202. The molecule has 4 rings (SSSR count). The molecule has 1 aromatic heterocycles. The average Bonchev–Trinajstić information content (AvgIpc) is 3.41. The van der Waals surface area contributed by atoms with Crippen LogP contribution >= 0.6 is 0 Å². The number of nitrogens with one attached hydrogen (secondary N) is 3. The lowest BCUT2D eigenvalue weighted by Gasteiger charge is -2.23. The van der Waals surface area contributed by atoms with Gasteiger partial charge in [-0.15, -0.1) is 0 Å². The number of para-hydroxylation sites is 1. The number of aromatic nitrogens is 1. The van der Waals surface area contributed by atoms with Crippen molar-refractivity contribution in [2.45, 2.75) is 44.6 Å². The number of ether oxygens (including phenoxy) is 2. The third-order valence-corrected chi connectivity index (χ3v) is 7.45. The third-order valence-electron chi connectivity index (χ3n) is 7.45. The Balaban J connectivity index is 1.49. The number of benzene rings is 2. The summed E-state index contributed by atoms with van der Waals surface area (Å²) in [5.41, 5.74) is 3.07. The smallest absolute Gasteiger partial charge is 0.309 e. The van der Waals surface area contributed by atoms with E-state index in [0.717, 1.165) is 22.0 Å². The Morgan fingerprint density at radius 3 is 2.64 bits per heavy atom. The second-order valence-corrected chi connectivity index (χ2v) is 10.7. The van der Waals surface area contributed by atoms with Crippen molar-refractivity contribution in [2.75, 3.05) is 33.0 Å². The number of rotatable bonds is 11. The zero-order chi connectivity index (χ0) is 29.6. The predicted octanol–water partition coefficient (Wildman–Crippen LogP) is 3.47. The second kappa shape index (κ2) is 16.5. The maximum Gasteiger partial charge on any atom is 0.309 e. The summed E-state index contributed by atoms with van der Waals surface area (Å²) in [5.74, 6) is -1.67. The minimum atomic E-state index is -0.582. The number of allylic oxidation sites excluding steroid dienone is 2. The minimum Gasteiger partial charge on any atom is -0.463 e. The highest BCUT2D eigenvalue weighted by atomic mass is 16.5. The molecule has 0 saturated carbocycles. The van der Waals surface area contributed by atoms with Gasteiger partial charge in [0, 0.05) is 30.1 Å². The number of amides is 2. The number of hydrogen-bond donors (Lipinski definition) is 4. The Bertz CT molecular complexity index is 1320. The summed E-state index contributed by atoms with van der Waals surface area (Å²) in [6.45, 7) is 0.741. The molecule has 2 heterocycles. The van der Waals surface area contributed by atoms with Crippen molar-refractivity contribution in [3.05, 3.63) is 84.1 Å². The van der Waals surface area contributed by atoms with Crippen LogP contribution < -0.4 is 10.6 Å². The zero-order valence-corrected chi connectivity index (χ0v) is 23.9. The predicted molar refractivity (Wildman–Crippen MR) is 161 cm³/mol. The molecule has 4 N–H and O–H groups in total. The Morgan fingerprint density at radius 2 is 1.81 bits per heavy atom. The standard InChI is InChI=1S/C33H41N3O6/c37-16-18-41-17-15-34-31(38)21-25-11-5-2-6-12-26(19-24-9-3-1-4-10-24)33(40)42-23-28(36-32(25)39)20-27-22-35-30-14-8-7-13-29(27)30/h1-5,7-10,13-14,22,25-26,28,35,37H,6,11-12,15-21,23H2,(H,34,38)(H,36,39)/t25-,26-,28+/m1/s1. The largest absolute Gasteiger partial charge is 0.463 e. The molecule has 3 aromatic rings. The molecule has 0 aliphatic carbocycles. The van der Waals surface area contributed by atoms with Crippen molar-refractivity contribution < 1.29 is 29.0 Å². The van der Waals surface area contributed by atoms with Crippen LogP contribution in [0.5, 0.6) is 0 Å². The van der Waals surface area contributed by atoms with Crippen LogP contribution in [0, 0.1) is 11.8 Å². The van der Waals surface area contributed by atoms with E-state index >= 15 is 0 Å². The van der Waals surface area contributed by atoms with E-state index in [0.29, 0.717) is 38.6 Å². The van der Waals surface area contributed by atoms with Crippen molar-refractivity contribution in [3.8, 4) is 0 Å². The number of aromatic amines is 1. The molecule has 224 valence electrons. The monoisotopic (exact) mass is 575 g/mol. The van der Waals surface area contributed by atoms with Crippen LogP contribution in [0.15, 0.2) is 72.9 Å². The number of aliphatic hydroxyl groups excluding tert-OH is 1. The lowest BCUT2D eigenvalue weighted by Crippen LogP contribution is -2.44. The number of carbonyl (C=O) groups excluding carboxylic acids is 3. The van der Waals surface area contributed by atoms with Crippen LogP contribution in [-0.4, -0.2) is 66.9 Å². The van der Waals surface area contributed by atoms with E-state index in [1.54, 1.807) is 0 Å². The first-order valence-corrected chi connectivity index (χ1v) is 14.7. The normalized spacial score (nSPS) is 20.2. The molecule has 3 atom stereocenters. The molecule has 9 nitrogen and oxygen atoms in total. The number of H-pyrrole nitrogens is 1. The highest BCUT2D eigenvalue weighted by Crippen LogP contribution is 2.22. The van der Waals surface area contributed by atoms with Gasteiger partial charge in [0.05, 0.1) is 37.7 Å². The highest BCUT2D eigenvalue weighted by Gasteiger charge is 2.27. The average molecular weight is 576 g/mol. The van der Waals surface area contributed by atoms with E-state index in [1.165, 1.54) is 0 Å². The Morgan fingerprint density at radius 1 is 1.00 bits per heavy atom. The van der Waals surface area contributed by atoms with Crippen LogP contribution in [0.3, 0.4) is 0 Å². The summed E-state index contributed by atoms with van der Waals surface area (Å²) in [4.78, 5) is 42.8. The molecule has 0 saturated heterocycles. The Hall–Kier alpha value is -3.95. The van der Waals surface area contributed by atoms with Crippen LogP contribution in [-0.2, 0) is 36.7 Å². The number of hydrogen-bond acceptors (Lipinski definition) is 6. The molecule has 0 bridgehead atoms. The van der Waals surface area contributed by atoms with Gasteiger partial charge < -0.3 is 30.2 Å². The van der Waals surface area contributed by atoms with Crippen molar-refractivity contribution in [1.82, 2.24) is 15.6 Å². The molecule has 0 spiro atoms. The summed E-state index contributed by atoms with van der Waals surface area (Å²) < 4.78 is 11.1. The molecular formula is C33H41N3O6. The highest BCUT2D eigenvalue weighted by molar-refractivity contribution is 5.86. The van der Waals surface area contributed by atoms with Crippen molar-refractivity contribution in [3.63, 3.8) is 0 Å². The third kappa shape index (κ3) is 9.56. The summed E-state index contributed by atoms with van der Waals surface area (Å²) in [6.07, 6.45) is 8.58. The molecule has 2 aromatic carbocycles. The van der Waals surface area contributed by atoms with E-state index in [4.69, 9.17) is 14.6 Å². The number of esters is 1. The fourth-order valence-corrected chi connectivity index (χ4v) is 5.22. The van der Waals surface area contributed by atoms with Gasteiger partial charge in [0.25, 0.3) is 0 Å². The number of carbonyl (C=O) groups is 3. The van der Waals surface area contributed by atoms with Gasteiger partial charge in [-0.05, 0) is 49.3 Å². The topological polar surface area (TPSA) is 130 Å². The van der Waals surface area contributed by atoms with Gasteiger partial charge in [0.2, 0.25) is 11.8 Å². The van der Waals surface area contributed by atoms with Gasteiger partial charge in [-0.2, -0.15) is 0 Å². The van der Waals surface area contributed by atoms with Gasteiger partial charge in [0.15, 0.2) is 0 Å². The van der Waals surface area contributed by atoms with E-state index in [-0.39, 0.29) is 56.5 Å². The number of cyclic esters (lactones) is 1. The molecule has 0 radical (unpaired) electrons.